The lowest BCUT2D eigenvalue weighted by Gasteiger charge is -2.30. The Balaban J connectivity index is 2.18. The van der Waals surface area contributed by atoms with E-state index in [-0.39, 0.29) is 0 Å². The van der Waals surface area contributed by atoms with E-state index in [1.807, 2.05) is 0 Å². The molecule has 4 heteroatoms. The van der Waals surface area contributed by atoms with Crippen LogP contribution < -0.4 is 5.73 Å². The van der Waals surface area contributed by atoms with Crippen molar-refractivity contribution in [3.63, 3.8) is 0 Å². The van der Waals surface area contributed by atoms with Gasteiger partial charge in [-0.25, -0.2) is 9.97 Å². The summed E-state index contributed by atoms with van der Waals surface area (Å²) in [4.78, 5) is 9.40. The second-order valence-corrected chi connectivity index (χ2v) is 7.76. The fourth-order valence-corrected chi connectivity index (χ4v) is 3.97. The predicted octanol–water partition coefficient (Wildman–Crippen LogP) is 4.72. The lowest BCUT2D eigenvalue weighted by molar-refractivity contribution is 0.254. The molecular weight excluding hydrogens is 361 g/mol. The molecule has 1 saturated carbocycles. The van der Waals surface area contributed by atoms with E-state index in [1.165, 1.54) is 25.7 Å². The van der Waals surface area contributed by atoms with Crippen LogP contribution in [0.2, 0.25) is 0 Å². The topological polar surface area (TPSA) is 51.8 Å². The first-order valence-corrected chi connectivity index (χ1v) is 8.80. The van der Waals surface area contributed by atoms with Crippen molar-refractivity contribution in [2.45, 2.75) is 65.2 Å². The van der Waals surface area contributed by atoms with Gasteiger partial charge in [-0.05, 0) is 66.0 Å². The summed E-state index contributed by atoms with van der Waals surface area (Å²) in [6.45, 7) is 9.01. The molecule has 0 amide bonds. The Morgan fingerprint density at radius 2 is 1.65 bits per heavy atom. The van der Waals surface area contributed by atoms with E-state index in [4.69, 9.17) is 10.7 Å². The average molecular weight is 387 g/mol. The van der Waals surface area contributed by atoms with Gasteiger partial charge in [0.05, 0.1) is 9.26 Å². The van der Waals surface area contributed by atoms with Gasteiger partial charge in [0.1, 0.15) is 11.6 Å². The first kappa shape index (κ1) is 16.0. The van der Waals surface area contributed by atoms with E-state index in [1.54, 1.807) is 0 Å². The van der Waals surface area contributed by atoms with Gasteiger partial charge in [-0.2, -0.15) is 0 Å². The molecule has 1 aliphatic rings. The minimum Gasteiger partial charge on any atom is -0.383 e. The highest BCUT2D eigenvalue weighted by molar-refractivity contribution is 14.1. The van der Waals surface area contributed by atoms with Crippen molar-refractivity contribution in [2.24, 2.45) is 11.8 Å². The lowest BCUT2D eigenvalue weighted by Crippen LogP contribution is -2.20. The Morgan fingerprint density at radius 1 is 1.05 bits per heavy atom. The summed E-state index contributed by atoms with van der Waals surface area (Å²) in [5, 5.41) is 0. The summed E-state index contributed by atoms with van der Waals surface area (Å²) >= 11 is 2.27. The fourth-order valence-electron chi connectivity index (χ4n) is 3.11. The van der Waals surface area contributed by atoms with Gasteiger partial charge in [0.25, 0.3) is 0 Å². The van der Waals surface area contributed by atoms with Crippen molar-refractivity contribution >= 4 is 28.4 Å². The summed E-state index contributed by atoms with van der Waals surface area (Å²) in [6, 6.07) is 0. The van der Waals surface area contributed by atoms with E-state index in [0.717, 1.165) is 26.9 Å². The first-order valence-electron chi connectivity index (χ1n) is 7.73. The van der Waals surface area contributed by atoms with Gasteiger partial charge < -0.3 is 5.73 Å². The second-order valence-electron chi connectivity index (χ2n) is 6.68. The maximum absolute atomic E-state index is 6.08. The Bertz CT molecular complexity index is 463. The highest BCUT2D eigenvalue weighted by atomic mass is 127. The van der Waals surface area contributed by atoms with E-state index in [0.29, 0.717) is 17.7 Å². The highest BCUT2D eigenvalue weighted by Gasteiger charge is 2.27. The third-order valence-corrected chi connectivity index (χ3v) is 5.65. The predicted molar refractivity (Wildman–Crippen MR) is 92.8 cm³/mol. The number of hydrogen-bond donors (Lipinski definition) is 1. The molecule has 0 bridgehead atoms. The Labute approximate surface area is 136 Å². The molecule has 0 aliphatic heterocycles. The molecule has 0 aromatic carbocycles. The van der Waals surface area contributed by atoms with Gasteiger partial charge in [0.2, 0.25) is 0 Å². The van der Waals surface area contributed by atoms with Crippen LogP contribution in [-0.4, -0.2) is 9.97 Å². The molecule has 1 heterocycles. The molecule has 0 radical (unpaired) electrons. The van der Waals surface area contributed by atoms with Crippen LogP contribution in [0.4, 0.5) is 5.82 Å². The maximum atomic E-state index is 6.08. The van der Waals surface area contributed by atoms with Crippen molar-refractivity contribution < 1.29 is 0 Å². The van der Waals surface area contributed by atoms with Gasteiger partial charge in [0, 0.05) is 5.92 Å². The monoisotopic (exact) mass is 387 g/mol. The number of halogens is 1. The molecule has 20 heavy (non-hydrogen) atoms. The summed E-state index contributed by atoms with van der Waals surface area (Å²) in [6.07, 6.45) is 5.02. The van der Waals surface area contributed by atoms with Gasteiger partial charge in [0.15, 0.2) is 0 Å². The number of aromatic nitrogens is 2. The van der Waals surface area contributed by atoms with Crippen molar-refractivity contribution in [3.8, 4) is 0 Å². The maximum Gasteiger partial charge on any atom is 0.140 e. The zero-order valence-corrected chi connectivity index (χ0v) is 15.1. The average Bonchev–Trinajstić information content (AvgIpc) is 2.41. The van der Waals surface area contributed by atoms with Crippen LogP contribution in [0.25, 0.3) is 0 Å². The fraction of sp³-hybridized carbons (Fsp3) is 0.750. The van der Waals surface area contributed by atoms with Crippen molar-refractivity contribution in [3.05, 3.63) is 15.1 Å². The van der Waals surface area contributed by atoms with Crippen molar-refractivity contribution in [1.29, 1.82) is 0 Å². The van der Waals surface area contributed by atoms with Crippen LogP contribution in [0.5, 0.6) is 0 Å². The molecule has 0 spiro atoms. The first-order chi connectivity index (χ1) is 9.40. The van der Waals surface area contributed by atoms with E-state index >= 15 is 0 Å². The molecule has 0 saturated heterocycles. The standard InChI is InChI=1S/C16H26IN3/c1-9(2)11-5-7-12(8-6-11)16-19-14(10(3)4)13(17)15(18)20-16/h9-12H,5-8H2,1-4H3,(H2,18,19,20). The molecule has 1 aliphatic carbocycles. The molecular formula is C16H26IN3. The third-order valence-electron chi connectivity index (χ3n) is 4.55. The number of anilines is 1. The largest absolute Gasteiger partial charge is 0.383 e. The molecule has 3 nitrogen and oxygen atoms in total. The molecule has 1 aromatic rings. The molecule has 0 unspecified atom stereocenters. The number of hydrogen-bond acceptors (Lipinski definition) is 3. The highest BCUT2D eigenvalue weighted by Crippen LogP contribution is 2.38. The molecule has 112 valence electrons. The van der Waals surface area contributed by atoms with Crippen LogP contribution in [0.1, 0.15) is 76.7 Å². The van der Waals surface area contributed by atoms with E-state index in [9.17, 15) is 0 Å². The Kier molecular flexibility index (Phi) is 5.26. The van der Waals surface area contributed by atoms with Crippen LogP contribution in [0.15, 0.2) is 0 Å². The van der Waals surface area contributed by atoms with Crippen LogP contribution in [0.3, 0.4) is 0 Å². The number of nitrogen functional groups attached to an aromatic ring is 1. The smallest absolute Gasteiger partial charge is 0.140 e. The molecule has 0 atom stereocenters. The number of nitrogens with zero attached hydrogens (tertiary/aromatic N) is 2. The second kappa shape index (κ2) is 6.58. The summed E-state index contributed by atoms with van der Waals surface area (Å²) in [5.74, 6) is 4.21. The van der Waals surface area contributed by atoms with Crippen LogP contribution in [0, 0.1) is 15.4 Å². The van der Waals surface area contributed by atoms with Crippen molar-refractivity contribution in [2.75, 3.05) is 5.73 Å². The summed E-state index contributed by atoms with van der Waals surface area (Å²) in [5.41, 5.74) is 7.19. The quantitative estimate of drug-likeness (QED) is 0.764. The molecule has 1 fully saturated rings. The van der Waals surface area contributed by atoms with Gasteiger partial charge in [-0.15, -0.1) is 0 Å². The lowest BCUT2D eigenvalue weighted by atomic mass is 9.76. The van der Waals surface area contributed by atoms with E-state index < -0.39 is 0 Å². The summed E-state index contributed by atoms with van der Waals surface area (Å²) in [7, 11) is 0. The zero-order chi connectivity index (χ0) is 14.9. The minimum absolute atomic E-state index is 0.401. The minimum atomic E-state index is 0.401. The molecule has 1 aromatic heterocycles. The third kappa shape index (κ3) is 3.43. The SMILES string of the molecule is CC(C)c1nc(C2CCC(C(C)C)CC2)nc(N)c1I. The van der Waals surface area contributed by atoms with E-state index in [2.05, 4.69) is 55.3 Å². The van der Waals surface area contributed by atoms with Gasteiger partial charge >= 0.3 is 0 Å². The van der Waals surface area contributed by atoms with Crippen LogP contribution >= 0.6 is 22.6 Å². The number of rotatable bonds is 3. The van der Waals surface area contributed by atoms with Gasteiger partial charge in [-0.3, -0.25) is 0 Å². The molecule has 2 rings (SSSR count). The Hall–Kier alpha value is -0.390. The summed E-state index contributed by atoms with van der Waals surface area (Å²) < 4.78 is 1.03. The van der Waals surface area contributed by atoms with Gasteiger partial charge in [-0.1, -0.05) is 27.7 Å². The van der Waals surface area contributed by atoms with Crippen LogP contribution in [-0.2, 0) is 0 Å². The Morgan fingerprint density at radius 3 is 2.15 bits per heavy atom. The zero-order valence-electron chi connectivity index (χ0n) is 13.0. The van der Waals surface area contributed by atoms with Crippen molar-refractivity contribution in [1.82, 2.24) is 9.97 Å². The normalized spacial score (nSPS) is 23.6. The molecule has 2 N–H and O–H groups in total. The number of nitrogens with two attached hydrogens (primary N) is 1.